The topological polar surface area (TPSA) is 78.5 Å². The second-order valence-corrected chi connectivity index (χ2v) is 12.2. The number of urea groups is 1. The van der Waals surface area contributed by atoms with Gasteiger partial charge >= 0.3 is 6.03 Å². The Hall–Kier alpha value is -1.59. The molecule has 0 bridgehead atoms. The Bertz CT molecular complexity index is 780. The number of carbonyl (C=O) groups excluding carboxylic acids is 3. The zero-order valence-corrected chi connectivity index (χ0v) is 20.9. The second kappa shape index (κ2) is 8.32. The molecule has 1 aliphatic heterocycles. The summed E-state index contributed by atoms with van der Waals surface area (Å²) in [5.74, 6) is 1.94. The summed E-state index contributed by atoms with van der Waals surface area (Å²) in [6.45, 7) is 12.5. The smallest absolute Gasteiger partial charge is 0.324 e. The highest BCUT2D eigenvalue weighted by Gasteiger charge is 2.62. The van der Waals surface area contributed by atoms with Crippen molar-refractivity contribution in [3.8, 4) is 0 Å². The van der Waals surface area contributed by atoms with Crippen LogP contribution < -0.4 is 10.6 Å². The minimum atomic E-state index is -0.258. The highest BCUT2D eigenvalue weighted by molar-refractivity contribution is 5.96. The lowest BCUT2D eigenvalue weighted by Gasteiger charge is -2.60. The molecule has 1 heterocycles. The lowest BCUT2D eigenvalue weighted by atomic mass is 9.47. The van der Waals surface area contributed by atoms with Gasteiger partial charge in [-0.25, -0.2) is 4.79 Å². The van der Waals surface area contributed by atoms with Crippen molar-refractivity contribution >= 4 is 17.8 Å². The summed E-state index contributed by atoms with van der Waals surface area (Å²) in [6, 6.07) is -0.0951. The predicted octanol–water partition coefficient (Wildman–Crippen LogP) is 4.48. The number of fused-ring (bicyclic) bond motifs is 5. The number of hydrogen-bond acceptors (Lipinski definition) is 3. The molecule has 0 spiro atoms. The number of imide groups is 1. The molecule has 3 saturated carbocycles. The van der Waals surface area contributed by atoms with Crippen molar-refractivity contribution in [3.05, 3.63) is 0 Å². The molecule has 0 aromatic rings. The maximum absolute atomic E-state index is 13.8. The first-order valence-electron chi connectivity index (χ1n) is 12.9. The van der Waals surface area contributed by atoms with Crippen molar-refractivity contribution in [2.75, 3.05) is 0 Å². The van der Waals surface area contributed by atoms with E-state index in [-0.39, 0.29) is 46.7 Å². The molecule has 2 N–H and O–H groups in total. The van der Waals surface area contributed by atoms with Gasteiger partial charge in [-0.1, -0.05) is 13.8 Å². The first-order chi connectivity index (χ1) is 15.0. The molecule has 4 amide bonds. The summed E-state index contributed by atoms with van der Waals surface area (Å²) < 4.78 is 0. The van der Waals surface area contributed by atoms with E-state index in [1.54, 1.807) is 0 Å². The van der Waals surface area contributed by atoms with Gasteiger partial charge in [0.15, 0.2) is 0 Å². The largest absolute Gasteiger partial charge is 0.353 e. The van der Waals surface area contributed by atoms with Crippen LogP contribution in [0.5, 0.6) is 0 Å². The van der Waals surface area contributed by atoms with E-state index in [0.29, 0.717) is 30.2 Å². The number of rotatable bonds is 3. The third-order valence-electron chi connectivity index (χ3n) is 9.78. The number of hydrogen-bond donors (Lipinski definition) is 2. The minimum Gasteiger partial charge on any atom is -0.353 e. The minimum absolute atomic E-state index is 0.00538. The van der Waals surface area contributed by atoms with E-state index in [1.807, 2.05) is 27.7 Å². The molecule has 0 aromatic carbocycles. The van der Waals surface area contributed by atoms with E-state index in [2.05, 4.69) is 24.5 Å². The quantitative estimate of drug-likeness (QED) is 0.672. The number of nitrogens with one attached hydrogen (secondary N) is 2. The Morgan fingerprint density at radius 3 is 2.31 bits per heavy atom. The molecule has 0 radical (unpaired) electrons. The van der Waals surface area contributed by atoms with E-state index in [0.717, 1.165) is 44.9 Å². The summed E-state index contributed by atoms with van der Waals surface area (Å²) in [5, 5.41) is 6.23. The summed E-state index contributed by atoms with van der Waals surface area (Å²) in [4.78, 5) is 40.2. The zero-order chi connectivity index (χ0) is 23.4. The normalized spacial score (nSPS) is 40.9. The van der Waals surface area contributed by atoms with Crippen LogP contribution in [0, 0.1) is 34.5 Å². The zero-order valence-electron chi connectivity index (χ0n) is 20.9. The molecule has 4 unspecified atom stereocenters. The number of piperidine rings is 1. The van der Waals surface area contributed by atoms with E-state index >= 15 is 0 Å². The maximum Gasteiger partial charge on any atom is 0.324 e. The molecule has 1 saturated heterocycles. The average Bonchev–Trinajstić information content (AvgIpc) is 3.05. The van der Waals surface area contributed by atoms with Crippen molar-refractivity contribution in [3.63, 3.8) is 0 Å². The Labute approximate surface area is 193 Å². The van der Waals surface area contributed by atoms with Gasteiger partial charge < -0.3 is 10.6 Å². The highest BCUT2D eigenvalue weighted by Crippen LogP contribution is 2.65. The lowest BCUT2D eigenvalue weighted by molar-refractivity contribution is -0.146. The van der Waals surface area contributed by atoms with Crippen LogP contribution in [0.2, 0.25) is 0 Å². The molecule has 6 nitrogen and oxygen atoms in total. The molecule has 0 aromatic heterocycles. The third kappa shape index (κ3) is 3.66. The molecule has 4 rings (SSSR count). The fourth-order valence-corrected chi connectivity index (χ4v) is 8.18. The van der Waals surface area contributed by atoms with E-state index in [1.165, 1.54) is 4.90 Å². The molecular formula is C26H43N3O3. The molecule has 4 aliphatic rings. The highest BCUT2D eigenvalue weighted by atomic mass is 16.2. The van der Waals surface area contributed by atoms with Gasteiger partial charge in [0.05, 0.1) is 0 Å². The molecule has 6 heteroatoms. The Morgan fingerprint density at radius 1 is 0.969 bits per heavy atom. The van der Waals surface area contributed by atoms with E-state index in [4.69, 9.17) is 0 Å². The molecular weight excluding hydrogens is 402 g/mol. The van der Waals surface area contributed by atoms with Gasteiger partial charge in [-0.15, -0.1) is 0 Å². The van der Waals surface area contributed by atoms with Crippen molar-refractivity contribution in [1.82, 2.24) is 15.5 Å². The summed E-state index contributed by atoms with van der Waals surface area (Å²) in [6.07, 6.45) is 7.99. The van der Waals surface area contributed by atoms with Crippen LogP contribution >= 0.6 is 0 Å². The van der Waals surface area contributed by atoms with Crippen molar-refractivity contribution < 1.29 is 14.4 Å². The van der Waals surface area contributed by atoms with E-state index < -0.39 is 0 Å². The predicted molar refractivity (Wildman–Crippen MR) is 125 cm³/mol. The van der Waals surface area contributed by atoms with Gasteiger partial charge in [0, 0.05) is 30.5 Å². The van der Waals surface area contributed by atoms with Crippen molar-refractivity contribution in [2.45, 2.75) is 111 Å². The SMILES string of the molecule is CC(C)NC(=O)N(C(=O)[C@H]1CCC2C3CCC4NC(=O)CC[C@]4(C)C3CC[C@@]21C)C(C)C. The fraction of sp³-hybridized carbons (Fsp3) is 0.885. The van der Waals surface area contributed by atoms with Gasteiger partial charge in [-0.05, 0) is 101 Å². The van der Waals surface area contributed by atoms with Crippen LogP contribution in [-0.4, -0.2) is 40.9 Å². The van der Waals surface area contributed by atoms with Gasteiger partial charge in [-0.2, -0.15) is 0 Å². The first kappa shape index (κ1) is 23.6. The second-order valence-electron chi connectivity index (χ2n) is 12.2. The van der Waals surface area contributed by atoms with Crippen LogP contribution in [0.1, 0.15) is 92.9 Å². The molecule has 7 atom stereocenters. The molecule has 32 heavy (non-hydrogen) atoms. The first-order valence-corrected chi connectivity index (χ1v) is 12.9. The van der Waals surface area contributed by atoms with E-state index in [9.17, 15) is 14.4 Å². The number of nitrogens with zero attached hydrogens (tertiary/aromatic N) is 1. The van der Waals surface area contributed by atoms with Gasteiger partial charge in [-0.3, -0.25) is 14.5 Å². The van der Waals surface area contributed by atoms with Gasteiger partial charge in [0.1, 0.15) is 0 Å². The number of carbonyl (C=O) groups is 3. The summed E-state index contributed by atoms with van der Waals surface area (Å²) in [7, 11) is 0. The fourth-order valence-electron chi connectivity index (χ4n) is 8.18. The van der Waals surface area contributed by atoms with Crippen molar-refractivity contribution in [1.29, 1.82) is 0 Å². The number of amides is 4. The summed E-state index contributed by atoms with van der Waals surface area (Å²) in [5.41, 5.74) is 0.145. The Morgan fingerprint density at radius 2 is 1.66 bits per heavy atom. The van der Waals surface area contributed by atoms with Crippen LogP contribution in [0.15, 0.2) is 0 Å². The van der Waals surface area contributed by atoms with Gasteiger partial charge in [0.25, 0.3) is 0 Å². The Kier molecular flexibility index (Phi) is 6.13. The van der Waals surface area contributed by atoms with Gasteiger partial charge in [0.2, 0.25) is 11.8 Å². The summed E-state index contributed by atoms with van der Waals surface area (Å²) >= 11 is 0. The third-order valence-corrected chi connectivity index (χ3v) is 9.78. The average molecular weight is 446 g/mol. The molecule has 180 valence electrons. The standard InChI is InChI=1S/C26H43N3O3/c1-15(2)27-24(32)29(16(3)4)23(31)20-9-8-18-17-7-10-21-26(6,14-12-22(30)28-21)19(17)11-13-25(18,20)5/h15-21H,7-14H2,1-6H3,(H,27,32)(H,28,30)/t17?,18?,19?,20-,21?,25+,26-/m1/s1. The van der Waals surface area contributed by atoms with Crippen LogP contribution in [0.25, 0.3) is 0 Å². The lowest BCUT2D eigenvalue weighted by Crippen LogP contribution is -2.61. The monoisotopic (exact) mass is 445 g/mol. The van der Waals surface area contributed by atoms with Crippen molar-refractivity contribution in [2.24, 2.45) is 34.5 Å². The molecule has 4 fully saturated rings. The van der Waals surface area contributed by atoms with Crippen LogP contribution in [-0.2, 0) is 9.59 Å². The molecule has 3 aliphatic carbocycles. The van der Waals surface area contributed by atoms with Crippen LogP contribution in [0.4, 0.5) is 4.79 Å². The maximum atomic E-state index is 13.8. The van der Waals surface area contributed by atoms with Crippen LogP contribution in [0.3, 0.4) is 0 Å². The Balaban J connectivity index is 1.55.